The quantitative estimate of drug-likeness (QED) is 0.650. The lowest BCUT2D eigenvalue weighted by Crippen LogP contribution is -2.22. The van der Waals surface area contributed by atoms with Crippen LogP contribution in [0, 0.1) is 5.92 Å². The van der Waals surface area contributed by atoms with Crippen LogP contribution in [-0.4, -0.2) is 12.6 Å². The molecule has 1 atom stereocenters. The highest BCUT2D eigenvalue weighted by atomic mass is 14.9. The molecule has 0 aromatic heterocycles. The Morgan fingerprint density at radius 3 is 2.36 bits per heavy atom. The van der Waals surface area contributed by atoms with Gasteiger partial charge in [-0.05, 0) is 31.7 Å². The summed E-state index contributed by atoms with van der Waals surface area (Å²) in [7, 11) is 0. The minimum absolute atomic E-state index is 0.838. The van der Waals surface area contributed by atoms with Gasteiger partial charge in [-0.1, -0.05) is 27.7 Å². The molecule has 1 nitrogen and oxygen atoms in total. The van der Waals surface area contributed by atoms with Gasteiger partial charge in [-0.25, -0.2) is 0 Å². The summed E-state index contributed by atoms with van der Waals surface area (Å²) in [5, 5.41) is 3.49. The highest BCUT2D eigenvalue weighted by Crippen LogP contribution is 2.13. The minimum Gasteiger partial charge on any atom is -0.314 e. The maximum atomic E-state index is 3.49. The van der Waals surface area contributed by atoms with E-state index in [-0.39, 0.29) is 0 Å². The summed E-state index contributed by atoms with van der Waals surface area (Å²) in [4.78, 5) is 0. The van der Waals surface area contributed by atoms with Crippen molar-refractivity contribution in [3.8, 4) is 0 Å². The Kier molecular flexibility index (Phi) is 6.63. The van der Waals surface area contributed by atoms with Crippen molar-refractivity contribution in [3.63, 3.8) is 0 Å². The molecule has 1 aliphatic rings. The Labute approximate surface area is 71.6 Å². The zero-order valence-electron chi connectivity index (χ0n) is 8.48. The van der Waals surface area contributed by atoms with Crippen molar-refractivity contribution in [2.75, 3.05) is 6.54 Å². The normalized spacial score (nSPS) is 23.2. The Morgan fingerprint density at radius 2 is 2.00 bits per heavy atom. The van der Waals surface area contributed by atoms with Crippen molar-refractivity contribution in [1.82, 2.24) is 5.32 Å². The molecule has 1 heteroatoms. The van der Waals surface area contributed by atoms with Crippen LogP contribution in [0.1, 0.15) is 47.0 Å². The fraction of sp³-hybridized carbons (Fsp3) is 1.00. The first-order valence-corrected chi connectivity index (χ1v) is 5.02. The highest BCUT2D eigenvalue weighted by Gasteiger charge is 2.14. The van der Waals surface area contributed by atoms with Crippen LogP contribution in [0.3, 0.4) is 0 Å². The average molecular weight is 157 g/mol. The highest BCUT2D eigenvalue weighted by molar-refractivity contribution is 4.74. The molecule has 1 heterocycles. The second kappa shape index (κ2) is 6.66. The predicted molar refractivity (Wildman–Crippen MR) is 51.8 cm³/mol. The van der Waals surface area contributed by atoms with Gasteiger partial charge in [0.25, 0.3) is 0 Å². The Hall–Kier alpha value is -0.0400. The standard InChI is InChI=1S/C8H17N.C2H6/c1-7(2)6-8-4-3-5-9-8;1-2/h7-9H,3-6H2,1-2H3;1-2H3. The van der Waals surface area contributed by atoms with Crippen LogP contribution in [0.5, 0.6) is 0 Å². The van der Waals surface area contributed by atoms with Crippen molar-refractivity contribution < 1.29 is 0 Å². The van der Waals surface area contributed by atoms with Gasteiger partial charge in [0.15, 0.2) is 0 Å². The summed E-state index contributed by atoms with van der Waals surface area (Å²) in [5.74, 6) is 0.862. The first-order chi connectivity index (χ1) is 5.29. The van der Waals surface area contributed by atoms with E-state index in [1.807, 2.05) is 13.8 Å². The van der Waals surface area contributed by atoms with Crippen molar-refractivity contribution in [3.05, 3.63) is 0 Å². The van der Waals surface area contributed by atoms with Crippen molar-refractivity contribution >= 4 is 0 Å². The Balaban J connectivity index is 0.000000461. The van der Waals surface area contributed by atoms with Gasteiger partial charge in [-0.15, -0.1) is 0 Å². The van der Waals surface area contributed by atoms with E-state index in [9.17, 15) is 0 Å². The van der Waals surface area contributed by atoms with Crippen LogP contribution >= 0.6 is 0 Å². The Morgan fingerprint density at radius 1 is 1.36 bits per heavy atom. The molecule has 0 aromatic rings. The third kappa shape index (κ3) is 5.25. The number of nitrogens with one attached hydrogen (secondary N) is 1. The number of hydrogen-bond donors (Lipinski definition) is 1. The zero-order valence-corrected chi connectivity index (χ0v) is 8.48. The van der Waals surface area contributed by atoms with Crippen LogP contribution in [-0.2, 0) is 0 Å². The largest absolute Gasteiger partial charge is 0.314 e. The lowest BCUT2D eigenvalue weighted by molar-refractivity contribution is 0.464. The second-order valence-corrected chi connectivity index (χ2v) is 3.42. The smallest absolute Gasteiger partial charge is 0.00699 e. The van der Waals surface area contributed by atoms with Crippen LogP contribution in [0.15, 0.2) is 0 Å². The van der Waals surface area contributed by atoms with E-state index in [0.717, 1.165) is 12.0 Å². The van der Waals surface area contributed by atoms with Crippen LogP contribution in [0.2, 0.25) is 0 Å². The van der Waals surface area contributed by atoms with E-state index in [1.165, 1.54) is 25.8 Å². The third-order valence-electron chi connectivity index (χ3n) is 1.92. The van der Waals surface area contributed by atoms with Crippen molar-refractivity contribution in [2.45, 2.75) is 53.0 Å². The average Bonchev–Trinajstić information content (AvgIpc) is 2.43. The lowest BCUT2D eigenvalue weighted by atomic mass is 10.0. The molecule has 0 radical (unpaired) electrons. The van der Waals surface area contributed by atoms with E-state index >= 15 is 0 Å². The van der Waals surface area contributed by atoms with Gasteiger partial charge in [-0.3, -0.25) is 0 Å². The molecular formula is C10H23N. The zero-order chi connectivity index (χ0) is 8.69. The lowest BCUT2D eigenvalue weighted by Gasteiger charge is -2.11. The van der Waals surface area contributed by atoms with Crippen LogP contribution < -0.4 is 5.32 Å². The van der Waals surface area contributed by atoms with Gasteiger partial charge < -0.3 is 5.32 Å². The van der Waals surface area contributed by atoms with Gasteiger partial charge in [0.1, 0.15) is 0 Å². The summed E-state index contributed by atoms with van der Waals surface area (Å²) in [6.45, 7) is 9.83. The van der Waals surface area contributed by atoms with E-state index < -0.39 is 0 Å². The van der Waals surface area contributed by atoms with E-state index in [2.05, 4.69) is 19.2 Å². The molecule has 1 rings (SSSR count). The molecule has 0 aromatic carbocycles. The fourth-order valence-corrected chi connectivity index (χ4v) is 1.53. The van der Waals surface area contributed by atoms with Gasteiger partial charge in [-0.2, -0.15) is 0 Å². The topological polar surface area (TPSA) is 12.0 Å². The molecule has 1 N–H and O–H groups in total. The van der Waals surface area contributed by atoms with E-state index in [0.29, 0.717) is 0 Å². The van der Waals surface area contributed by atoms with Crippen molar-refractivity contribution in [1.29, 1.82) is 0 Å². The maximum Gasteiger partial charge on any atom is 0.00699 e. The molecule has 1 saturated heterocycles. The maximum absolute atomic E-state index is 3.49. The molecule has 0 bridgehead atoms. The summed E-state index contributed by atoms with van der Waals surface area (Å²) in [6, 6.07) is 0.838. The molecule has 0 spiro atoms. The van der Waals surface area contributed by atoms with Gasteiger partial charge in [0.2, 0.25) is 0 Å². The SMILES string of the molecule is CC.CC(C)CC1CCCN1. The van der Waals surface area contributed by atoms with Crippen LogP contribution in [0.4, 0.5) is 0 Å². The second-order valence-electron chi connectivity index (χ2n) is 3.42. The molecule has 0 saturated carbocycles. The molecule has 0 aliphatic carbocycles. The first kappa shape index (κ1) is 11.0. The summed E-state index contributed by atoms with van der Waals surface area (Å²) in [5.41, 5.74) is 0. The van der Waals surface area contributed by atoms with Crippen molar-refractivity contribution in [2.24, 2.45) is 5.92 Å². The van der Waals surface area contributed by atoms with E-state index in [1.54, 1.807) is 0 Å². The van der Waals surface area contributed by atoms with Crippen LogP contribution in [0.25, 0.3) is 0 Å². The van der Waals surface area contributed by atoms with Gasteiger partial charge in [0, 0.05) is 6.04 Å². The Bertz CT molecular complexity index is 72.9. The van der Waals surface area contributed by atoms with Gasteiger partial charge >= 0.3 is 0 Å². The summed E-state index contributed by atoms with van der Waals surface area (Å²) >= 11 is 0. The molecule has 1 unspecified atom stereocenters. The fourth-order valence-electron chi connectivity index (χ4n) is 1.53. The van der Waals surface area contributed by atoms with Gasteiger partial charge in [0.05, 0.1) is 0 Å². The molecule has 11 heavy (non-hydrogen) atoms. The molecule has 1 fully saturated rings. The molecule has 1 aliphatic heterocycles. The van der Waals surface area contributed by atoms with E-state index in [4.69, 9.17) is 0 Å². The minimum atomic E-state index is 0.838. The monoisotopic (exact) mass is 157 g/mol. The molecular weight excluding hydrogens is 134 g/mol. The predicted octanol–water partition coefficient (Wildman–Crippen LogP) is 2.81. The summed E-state index contributed by atoms with van der Waals surface area (Å²) in [6.07, 6.45) is 4.15. The number of rotatable bonds is 2. The summed E-state index contributed by atoms with van der Waals surface area (Å²) < 4.78 is 0. The molecule has 68 valence electrons. The first-order valence-electron chi connectivity index (χ1n) is 5.02. The number of hydrogen-bond acceptors (Lipinski definition) is 1. The molecule has 0 amide bonds. The third-order valence-corrected chi connectivity index (χ3v) is 1.92.